The number of nitrogens with zero attached hydrogens (tertiary/aromatic N) is 1. The fraction of sp³-hybridized carbons (Fsp3) is 0.500. The number of ether oxygens (including phenoxy) is 1. The summed E-state index contributed by atoms with van der Waals surface area (Å²) in [7, 11) is 1.57. The number of methoxy groups -OCH3 is 1. The lowest BCUT2D eigenvalue weighted by atomic mass is 10.1. The van der Waals surface area contributed by atoms with E-state index in [0.717, 1.165) is 12.0 Å². The molecule has 0 radical (unpaired) electrons. The van der Waals surface area contributed by atoms with Crippen LogP contribution in [0.5, 0.6) is 5.75 Å². The van der Waals surface area contributed by atoms with Gasteiger partial charge in [0.2, 0.25) is 0 Å². The molecule has 1 rings (SSSR count). The topological polar surface area (TPSA) is 49.8 Å². The Hall–Kier alpha value is -1.26. The van der Waals surface area contributed by atoms with Crippen molar-refractivity contribution in [2.24, 2.45) is 0 Å². The van der Waals surface area contributed by atoms with Crippen LogP contribution in [0.15, 0.2) is 18.2 Å². The predicted octanol–water partition coefficient (Wildman–Crippen LogP) is 3.03. The maximum absolute atomic E-state index is 10.9. The van der Waals surface area contributed by atoms with Crippen LogP contribution in [0, 0.1) is 0 Å². The van der Waals surface area contributed by atoms with Gasteiger partial charge in [0.25, 0.3) is 0 Å². The molecule has 0 spiro atoms. The minimum atomic E-state index is -0.820. The van der Waals surface area contributed by atoms with Crippen LogP contribution in [0.1, 0.15) is 25.8 Å². The lowest BCUT2D eigenvalue weighted by Crippen LogP contribution is -2.36. The second kappa shape index (κ2) is 7.36. The van der Waals surface area contributed by atoms with Gasteiger partial charge in [0.05, 0.1) is 18.7 Å². The van der Waals surface area contributed by atoms with Gasteiger partial charge in [-0.05, 0) is 31.0 Å². The van der Waals surface area contributed by atoms with Gasteiger partial charge in [-0.15, -0.1) is 0 Å². The lowest BCUT2D eigenvalue weighted by Gasteiger charge is -2.26. The molecule has 0 saturated carbocycles. The van der Waals surface area contributed by atoms with Crippen LogP contribution in [0.3, 0.4) is 0 Å². The maximum Gasteiger partial charge on any atom is 0.317 e. The first-order chi connectivity index (χ1) is 8.97. The maximum atomic E-state index is 10.9. The monoisotopic (exact) mass is 285 g/mol. The van der Waals surface area contributed by atoms with Crippen molar-refractivity contribution in [2.45, 2.75) is 32.9 Å². The molecule has 1 unspecified atom stereocenters. The van der Waals surface area contributed by atoms with E-state index in [2.05, 4.69) is 0 Å². The van der Waals surface area contributed by atoms with Crippen LogP contribution in [-0.4, -0.2) is 35.7 Å². The highest BCUT2D eigenvalue weighted by atomic mass is 35.5. The van der Waals surface area contributed by atoms with Gasteiger partial charge < -0.3 is 9.84 Å². The van der Waals surface area contributed by atoms with Crippen LogP contribution >= 0.6 is 11.6 Å². The molecule has 0 aliphatic heterocycles. The third kappa shape index (κ3) is 4.73. The molecule has 1 aromatic rings. The molecular formula is C14H20ClNO3. The zero-order valence-corrected chi connectivity index (χ0v) is 12.3. The summed E-state index contributed by atoms with van der Waals surface area (Å²) in [6.45, 7) is 4.65. The Labute approximate surface area is 118 Å². The van der Waals surface area contributed by atoms with Gasteiger partial charge in [-0.2, -0.15) is 0 Å². The molecule has 1 N–H and O–H groups in total. The highest BCUT2D eigenvalue weighted by Crippen LogP contribution is 2.25. The van der Waals surface area contributed by atoms with E-state index in [1.54, 1.807) is 13.2 Å². The van der Waals surface area contributed by atoms with E-state index in [4.69, 9.17) is 21.4 Å². The summed E-state index contributed by atoms with van der Waals surface area (Å²) in [6, 6.07) is 5.73. The average molecular weight is 286 g/mol. The summed E-state index contributed by atoms with van der Waals surface area (Å²) < 4.78 is 5.10. The number of halogens is 1. The number of rotatable bonds is 7. The fourth-order valence-electron chi connectivity index (χ4n) is 1.84. The molecule has 1 aromatic carbocycles. The summed E-state index contributed by atoms with van der Waals surface area (Å²) >= 11 is 6.07. The Bertz CT molecular complexity index is 437. The van der Waals surface area contributed by atoms with E-state index in [-0.39, 0.29) is 12.6 Å². The van der Waals surface area contributed by atoms with E-state index in [9.17, 15) is 4.79 Å². The molecule has 0 aromatic heterocycles. The van der Waals surface area contributed by atoms with E-state index in [1.165, 1.54) is 0 Å². The molecule has 19 heavy (non-hydrogen) atoms. The zero-order chi connectivity index (χ0) is 14.4. The van der Waals surface area contributed by atoms with E-state index in [1.807, 2.05) is 30.9 Å². The number of benzene rings is 1. The van der Waals surface area contributed by atoms with Crippen molar-refractivity contribution in [3.05, 3.63) is 28.8 Å². The van der Waals surface area contributed by atoms with Crippen molar-refractivity contribution >= 4 is 17.6 Å². The van der Waals surface area contributed by atoms with Gasteiger partial charge in [0, 0.05) is 12.6 Å². The highest BCUT2D eigenvalue weighted by Gasteiger charge is 2.16. The second-order valence-electron chi connectivity index (χ2n) is 4.52. The Kier molecular flexibility index (Phi) is 6.12. The summed E-state index contributed by atoms with van der Waals surface area (Å²) in [5.41, 5.74) is 0.979. The van der Waals surface area contributed by atoms with Gasteiger partial charge in [0.15, 0.2) is 0 Å². The second-order valence-corrected chi connectivity index (χ2v) is 4.93. The van der Waals surface area contributed by atoms with E-state index in [0.29, 0.717) is 17.3 Å². The summed E-state index contributed by atoms with van der Waals surface area (Å²) in [5, 5.41) is 9.50. The molecule has 0 aliphatic rings. The van der Waals surface area contributed by atoms with Crippen molar-refractivity contribution in [1.82, 2.24) is 4.90 Å². The molecule has 1 atom stereocenters. The first-order valence-corrected chi connectivity index (χ1v) is 6.64. The van der Waals surface area contributed by atoms with Gasteiger partial charge in [-0.25, -0.2) is 0 Å². The number of aliphatic carboxylic acids is 1. The van der Waals surface area contributed by atoms with Gasteiger partial charge in [-0.1, -0.05) is 24.6 Å². The van der Waals surface area contributed by atoms with Crippen LogP contribution in [-0.2, 0) is 11.3 Å². The van der Waals surface area contributed by atoms with Crippen molar-refractivity contribution in [3.8, 4) is 5.75 Å². The third-order valence-electron chi connectivity index (χ3n) is 3.15. The van der Waals surface area contributed by atoms with Crippen molar-refractivity contribution in [3.63, 3.8) is 0 Å². The first kappa shape index (κ1) is 15.8. The molecule has 0 fully saturated rings. The van der Waals surface area contributed by atoms with Gasteiger partial charge in [0.1, 0.15) is 5.75 Å². The third-order valence-corrected chi connectivity index (χ3v) is 3.45. The Balaban J connectivity index is 2.83. The normalized spacial score (nSPS) is 12.5. The summed E-state index contributed by atoms with van der Waals surface area (Å²) in [5.74, 6) is -0.196. The van der Waals surface area contributed by atoms with Crippen LogP contribution in [0.25, 0.3) is 0 Å². The number of carboxylic acid groups (broad SMARTS) is 1. The molecule has 4 nitrogen and oxygen atoms in total. The number of hydrogen-bond donors (Lipinski definition) is 1. The Morgan fingerprint density at radius 2 is 2.21 bits per heavy atom. The summed E-state index contributed by atoms with van der Waals surface area (Å²) in [4.78, 5) is 12.8. The largest absolute Gasteiger partial charge is 0.495 e. The van der Waals surface area contributed by atoms with E-state index >= 15 is 0 Å². The highest BCUT2D eigenvalue weighted by molar-refractivity contribution is 6.32. The lowest BCUT2D eigenvalue weighted by molar-refractivity contribution is -0.139. The fourth-order valence-corrected chi connectivity index (χ4v) is 2.12. The Morgan fingerprint density at radius 1 is 1.53 bits per heavy atom. The molecule has 0 saturated heterocycles. The minimum Gasteiger partial charge on any atom is -0.495 e. The number of carboxylic acids is 1. The molecular weight excluding hydrogens is 266 g/mol. The van der Waals surface area contributed by atoms with Crippen LogP contribution < -0.4 is 4.74 Å². The van der Waals surface area contributed by atoms with Crippen molar-refractivity contribution in [2.75, 3.05) is 13.7 Å². The van der Waals surface area contributed by atoms with Crippen molar-refractivity contribution < 1.29 is 14.6 Å². The molecule has 5 heteroatoms. The SMILES string of the molecule is CCC(C)N(CC(=O)O)Cc1ccc(OC)c(Cl)c1. The van der Waals surface area contributed by atoms with Crippen molar-refractivity contribution in [1.29, 1.82) is 0 Å². The number of hydrogen-bond acceptors (Lipinski definition) is 3. The molecule has 0 heterocycles. The van der Waals surface area contributed by atoms with Crippen LogP contribution in [0.2, 0.25) is 5.02 Å². The number of carbonyl (C=O) groups is 1. The molecule has 0 bridgehead atoms. The van der Waals surface area contributed by atoms with Gasteiger partial charge >= 0.3 is 5.97 Å². The van der Waals surface area contributed by atoms with Gasteiger partial charge in [-0.3, -0.25) is 9.69 Å². The average Bonchev–Trinajstić information content (AvgIpc) is 2.36. The molecule has 0 amide bonds. The Morgan fingerprint density at radius 3 is 2.68 bits per heavy atom. The first-order valence-electron chi connectivity index (χ1n) is 6.26. The smallest absolute Gasteiger partial charge is 0.317 e. The minimum absolute atomic E-state index is 0.0264. The van der Waals surface area contributed by atoms with E-state index < -0.39 is 5.97 Å². The quantitative estimate of drug-likeness (QED) is 0.836. The predicted molar refractivity (Wildman–Crippen MR) is 75.8 cm³/mol. The summed E-state index contributed by atoms with van der Waals surface area (Å²) in [6.07, 6.45) is 0.900. The van der Waals surface area contributed by atoms with Crippen LogP contribution in [0.4, 0.5) is 0 Å². The standard InChI is InChI=1S/C14H20ClNO3/c1-4-10(2)16(9-14(17)18)8-11-5-6-13(19-3)12(15)7-11/h5-7,10H,4,8-9H2,1-3H3,(H,17,18). The molecule has 0 aliphatic carbocycles. The zero-order valence-electron chi connectivity index (χ0n) is 11.5. The molecule has 106 valence electrons.